The third kappa shape index (κ3) is 4.31. The van der Waals surface area contributed by atoms with Gasteiger partial charge in [-0.25, -0.2) is 4.90 Å². The number of rotatable bonds is 6. The monoisotopic (exact) mass is 455 g/mol. The Balaban J connectivity index is 1.80. The van der Waals surface area contributed by atoms with Gasteiger partial charge in [-0.2, -0.15) is 0 Å². The first-order valence-corrected chi connectivity index (χ1v) is 9.89. The standard InChI is InChI=1S/C17H29NO13/c19-4-7-9(21)10(22)11(23)16(29-7)30-13-8(5-20)31-17(28,14(25)12(13)24)18-3-1-2-6(18)15(26)27/h6-14,16,19-25,28H,1-5H2,(H,26,27)/t6-,7+,8+,9-,10-,11+,12-,13+,14+,16-,17?/m0/s1. The number of likely N-dealkylation sites (tertiary alicyclic amines) is 1. The fraction of sp³-hybridized carbons (Fsp3) is 0.941. The Morgan fingerprint density at radius 1 is 1.00 bits per heavy atom. The summed E-state index contributed by atoms with van der Waals surface area (Å²) in [6.07, 6.45) is -14.9. The van der Waals surface area contributed by atoms with Crippen molar-refractivity contribution in [3.05, 3.63) is 0 Å². The largest absolute Gasteiger partial charge is 0.480 e. The molecule has 0 aliphatic carbocycles. The Hall–Kier alpha value is -1.01. The summed E-state index contributed by atoms with van der Waals surface area (Å²) in [5.74, 6) is -3.92. The van der Waals surface area contributed by atoms with Crippen LogP contribution in [0.4, 0.5) is 0 Å². The van der Waals surface area contributed by atoms with Crippen LogP contribution in [0.25, 0.3) is 0 Å². The lowest BCUT2D eigenvalue weighted by molar-refractivity contribution is -0.420. The summed E-state index contributed by atoms with van der Waals surface area (Å²) in [6.45, 7) is -1.54. The third-order valence-electron chi connectivity index (χ3n) is 6.01. The maximum atomic E-state index is 11.5. The number of carboxylic acid groups (broad SMARTS) is 1. The molecule has 180 valence electrons. The molecule has 11 atom stereocenters. The van der Waals surface area contributed by atoms with Crippen molar-refractivity contribution in [1.29, 1.82) is 0 Å². The first kappa shape index (κ1) is 24.6. The molecule has 3 saturated heterocycles. The van der Waals surface area contributed by atoms with E-state index in [1.807, 2.05) is 0 Å². The van der Waals surface area contributed by atoms with E-state index in [2.05, 4.69) is 0 Å². The van der Waals surface area contributed by atoms with Gasteiger partial charge in [0.1, 0.15) is 48.8 Å². The van der Waals surface area contributed by atoms with Gasteiger partial charge in [-0.15, -0.1) is 0 Å². The maximum absolute atomic E-state index is 11.5. The van der Waals surface area contributed by atoms with Gasteiger partial charge in [0.05, 0.1) is 13.2 Å². The Labute approximate surface area is 176 Å². The first-order valence-electron chi connectivity index (χ1n) is 9.89. The SMILES string of the molecule is O=C(O)[C@@H]1CCCN1C1(O)O[C@H](CO)[C@@H](O[C@@H]2O[C@H](CO)[C@H](O)[C@H](O)[C@H]2O)[C@H](O)[C@H]1O. The molecular formula is C17H29NO13. The molecule has 0 aromatic carbocycles. The van der Waals surface area contributed by atoms with Crippen LogP contribution >= 0.6 is 0 Å². The molecule has 0 aromatic heterocycles. The number of aliphatic hydroxyl groups excluding tert-OH is 7. The maximum Gasteiger partial charge on any atom is 0.321 e. The van der Waals surface area contributed by atoms with Crippen LogP contribution in [0, 0.1) is 0 Å². The number of hydrogen-bond donors (Lipinski definition) is 9. The molecule has 0 radical (unpaired) electrons. The lowest BCUT2D eigenvalue weighted by Gasteiger charge is -2.52. The number of aliphatic carboxylic acids is 1. The molecule has 0 spiro atoms. The highest BCUT2D eigenvalue weighted by Crippen LogP contribution is 2.38. The number of aliphatic hydroxyl groups is 8. The van der Waals surface area contributed by atoms with Crippen LogP contribution in [-0.4, -0.2) is 144 Å². The molecule has 3 aliphatic heterocycles. The summed E-state index contributed by atoms with van der Waals surface area (Å²) in [4.78, 5) is 12.4. The van der Waals surface area contributed by atoms with E-state index in [0.717, 1.165) is 4.90 Å². The number of hydrogen-bond acceptors (Lipinski definition) is 13. The summed E-state index contributed by atoms with van der Waals surface area (Å²) in [6, 6.07) is -1.20. The fourth-order valence-corrected chi connectivity index (χ4v) is 4.27. The summed E-state index contributed by atoms with van der Waals surface area (Å²) >= 11 is 0. The Kier molecular flexibility index (Phi) is 7.52. The molecule has 1 unspecified atom stereocenters. The second-order valence-corrected chi connectivity index (χ2v) is 7.92. The average molecular weight is 455 g/mol. The molecule has 14 nitrogen and oxygen atoms in total. The molecule has 3 rings (SSSR count). The first-order chi connectivity index (χ1) is 14.6. The highest BCUT2D eigenvalue weighted by atomic mass is 16.7. The van der Waals surface area contributed by atoms with Crippen molar-refractivity contribution in [2.24, 2.45) is 0 Å². The normalized spacial score (nSPS) is 49.3. The van der Waals surface area contributed by atoms with Gasteiger partial charge in [-0.05, 0) is 12.8 Å². The quantitative estimate of drug-likeness (QED) is 0.182. The van der Waals surface area contributed by atoms with Crippen molar-refractivity contribution < 1.29 is 65.0 Å². The van der Waals surface area contributed by atoms with E-state index in [0.29, 0.717) is 6.42 Å². The number of nitrogens with zero attached hydrogens (tertiary/aromatic N) is 1. The van der Waals surface area contributed by atoms with Crippen LogP contribution in [0.3, 0.4) is 0 Å². The second-order valence-electron chi connectivity index (χ2n) is 7.92. The number of carboxylic acids is 1. The molecule has 31 heavy (non-hydrogen) atoms. The zero-order valence-corrected chi connectivity index (χ0v) is 16.4. The second kappa shape index (κ2) is 9.46. The molecule has 9 N–H and O–H groups in total. The molecule has 0 aromatic rings. The molecule has 14 heteroatoms. The minimum Gasteiger partial charge on any atom is -0.480 e. The Bertz CT molecular complexity index is 635. The van der Waals surface area contributed by atoms with Crippen LogP contribution in [0.1, 0.15) is 12.8 Å². The van der Waals surface area contributed by atoms with Crippen molar-refractivity contribution >= 4 is 5.97 Å². The zero-order chi connectivity index (χ0) is 23.1. The summed E-state index contributed by atoms with van der Waals surface area (Å²) in [7, 11) is 0. The van der Waals surface area contributed by atoms with Crippen LogP contribution < -0.4 is 0 Å². The van der Waals surface area contributed by atoms with Gasteiger partial charge in [0.15, 0.2) is 12.4 Å². The van der Waals surface area contributed by atoms with Crippen LogP contribution in [0.15, 0.2) is 0 Å². The summed E-state index contributed by atoms with van der Waals surface area (Å²) in [5, 5.41) is 90.3. The third-order valence-corrected chi connectivity index (χ3v) is 6.01. The van der Waals surface area contributed by atoms with E-state index >= 15 is 0 Å². The van der Waals surface area contributed by atoms with E-state index in [1.54, 1.807) is 0 Å². The Morgan fingerprint density at radius 2 is 1.65 bits per heavy atom. The molecule has 3 fully saturated rings. The highest BCUT2D eigenvalue weighted by molar-refractivity contribution is 5.73. The minimum absolute atomic E-state index is 0.0353. The molecular weight excluding hydrogens is 426 g/mol. The molecule has 0 amide bonds. The van der Waals surface area contributed by atoms with Gasteiger partial charge in [-0.1, -0.05) is 0 Å². The van der Waals surface area contributed by atoms with E-state index in [1.165, 1.54) is 0 Å². The summed E-state index contributed by atoms with van der Waals surface area (Å²) < 4.78 is 16.0. The van der Waals surface area contributed by atoms with Crippen molar-refractivity contribution in [2.75, 3.05) is 19.8 Å². The smallest absolute Gasteiger partial charge is 0.321 e. The zero-order valence-electron chi connectivity index (χ0n) is 16.4. The lowest BCUT2D eigenvalue weighted by Crippen LogP contribution is -2.73. The molecule has 0 bridgehead atoms. The lowest BCUT2D eigenvalue weighted by atomic mass is 9.94. The molecule has 3 heterocycles. The summed E-state index contributed by atoms with van der Waals surface area (Å²) in [5.41, 5.74) is 0. The predicted molar refractivity (Wildman–Crippen MR) is 94.9 cm³/mol. The van der Waals surface area contributed by atoms with Crippen molar-refractivity contribution in [3.8, 4) is 0 Å². The highest BCUT2D eigenvalue weighted by Gasteiger charge is 2.60. The topological polar surface area (TPSA) is 230 Å². The average Bonchev–Trinajstić information content (AvgIpc) is 3.25. The molecule has 0 saturated carbocycles. The van der Waals surface area contributed by atoms with E-state index in [-0.39, 0.29) is 13.0 Å². The van der Waals surface area contributed by atoms with Crippen molar-refractivity contribution in [1.82, 2.24) is 4.90 Å². The minimum atomic E-state index is -2.65. The van der Waals surface area contributed by atoms with Gasteiger partial charge >= 0.3 is 5.97 Å². The molecule has 3 aliphatic rings. The van der Waals surface area contributed by atoms with Crippen LogP contribution in [-0.2, 0) is 19.0 Å². The van der Waals surface area contributed by atoms with E-state index in [9.17, 15) is 50.8 Å². The van der Waals surface area contributed by atoms with E-state index < -0.39 is 86.3 Å². The van der Waals surface area contributed by atoms with Gasteiger partial charge in [0.25, 0.3) is 5.91 Å². The van der Waals surface area contributed by atoms with Gasteiger partial charge in [-0.3, -0.25) is 4.79 Å². The van der Waals surface area contributed by atoms with Gasteiger partial charge in [0, 0.05) is 6.54 Å². The van der Waals surface area contributed by atoms with Gasteiger partial charge < -0.3 is 60.2 Å². The predicted octanol–water partition coefficient (Wildman–Crippen LogP) is -5.52. The van der Waals surface area contributed by atoms with E-state index in [4.69, 9.17) is 14.2 Å². The number of ether oxygens (including phenoxy) is 3. The fourth-order valence-electron chi connectivity index (χ4n) is 4.27. The number of carbonyl (C=O) groups is 1. The van der Waals surface area contributed by atoms with Crippen molar-refractivity contribution in [2.45, 2.75) is 79.9 Å². The Morgan fingerprint density at radius 3 is 2.23 bits per heavy atom. The van der Waals surface area contributed by atoms with Crippen molar-refractivity contribution in [3.63, 3.8) is 0 Å². The van der Waals surface area contributed by atoms with Gasteiger partial charge in [0.2, 0.25) is 0 Å². The van der Waals surface area contributed by atoms with Crippen LogP contribution in [0.2, 0.25) is 0 Å². The van der Waals surface area contributed by atoms with Crippen LogP contribution in [0.5, 0.6) is 0 Å².